The van der Waals surface area contributed by atoms with Crippen molar-refractivity contribution >= 4 is 17.5 Å². The Morgan fingerprint density at radius 2 is 1.96 bits per heavy atom. The minimum absolute atomic E-state index is 0.0298. The Morgan fingerprint density at radius 3 is 2.62 bits per heavy atom. The van der Waals surface area contributed by atoms with Crippen molar-refractivity contribution < 1.29 is 9.59 Å². The third-order valence-corrected chi connectivity index (χ3v) is 5.21. The Morgan fingerprint density at radius 1 is 1.25 bits per heavy atom. The van der Waals surface area contributed by atoms with Crippen LogP contribution in [0.2, 0.25) is 0 Å². The number of carbonyl (C=O) groups excluding carboxylic acids is 2. The molecule has 1 aromatic rings. The average molecular weight is 326 g/mol. The van der Waals surface area contributed by atoms with Gasteiger partial charge in [0.25, 0.3) is 5.91 Å². The summed E-state index contributed by atoms with van der Waals surface area (Å²) in [7, 11) is 1.86. The number of benzene rings is 1. The number of likely N-dealkylation sites (N-methyl/N-ethyl adjacent to an activating group) is 1. The predicted octanol–water partition coefficient (Wildman–Crippen LogP) is 3.85. The molecule has 4 nitrogen and oxygen atoms in total. The lowest BCUT2D eigenvalue weighted by molar-refractivity contribution is -0.127. The van der Waals surface area contributed by atoms with Crippen molar-refractivity contribution in [3.63, 3.8) is 0 Å². The van der Waals surface area contributed by atoms with Gasteiger partial charge in [-0.15, -0.1) is 0 Å². The van der Waals surface area contributed by atoms with Crippen molar-refractivity contribution in [2.75, 3.05) is 12.4 Å². The molecule has 1 saturated carbocycles. The second-order valence-electron chi connectivity index (χ2n) is 7.18. The number of anilines is 1. The topological polar surface area (TPSA) is 49.4 Å². The lowest BCUT2D eigenvalue weighted by Crippen LogP contribution is -2.33. The molecule has 24 heavy (non-hydrogen) atoms. The molecule has 0 aromatic heterocycles. The summed E-state index contributed by atoms with van der Waals surface area (Å²) in [6, 6.07) is 8.15. The van der Waals surface area contributed by atoms with Gasteiger partial charge in [0, 0.05) is 18.3 Å². The standard InChI is InChI=1S/C20H26N2O2/c1-13(2)14-8-10-15(11-9-14)21-19(23)12-17-16-6-4-5-7-18(16)22(3)20(17)24/h8-11,13,18H,4-7,12H2,1-3H3,(H,21,23). The second kappa shape index (κ2) is 6.80. The third-order valence-electron chi connectivity index (χ3n) is 5.21. The van der Waals surface area contributed by atoms with Crippen LogP contribution in [0.1, 0.15) is 57.4 Å². The molecule has 1 heterocycles. The number of fused-ring (bicyclic) bond motifs is 1. The van der Waals surface area contributed by atoms with Crippen LogP contribution in [0.5, 0.6) is 0 Å². The zero-order valence-electron chi connectivity index (χ0n) is 14.8. The van der Waals surface area contributed by atoms with E-state index in [1.54, 1.807) is 0 Å². The predicted molar refractivity (Wildman–Crippen MR) is 95.8 cm³/mol. The number of nitrogens with one attached hydrogen (secondary N) is 1. The van der Waals surface area contributed by atoms with Gasteiger partial charge in [0.05, 0.1) is 12.5 Å². The van der Waals surface area contributed by atoms with Gasteiger partial charge in [-0.3, -0.25) is 9.59 Å². The summed E-state index contributed by atoms with van der Waals surface area (Å²) in [4.78, 5) is 26.7. The zero-order chi connectivity index (χ0) is 17.3. The van der Waals surface area contributed by atoms with Crippen molar-refractivity contribution in [3.05, 3.63) is 41.0 Å². The summed E-state index contributed by atoms with van der Waals surface area (Å²) in [6.07, 6.45) is 4.44. The number of rotatable bonds is 4. The third kappa shape index (κ3) is 3.23. The highest BCUT2D eigenvalue weighted by molar-refractivity contribution is 6.04. The fourth-order valence-electron chi connectivity index (χ4n) is 3.77. The number of nitrogens with zero attached hydrogens (tertiary/aromatic N) is 1. The van der Waals surface area contributed by atoms with E-state index in [1.165, 1.54) is 11.1 Å². The Labute approximate surface area is 143 Å². The quantitative estimate of drug-likeness (QED) is 0.913. The van der Waals surface area contributed by atoms with Crippen LogP contribution in [0.25, 0.3) is 0 Å². The van der Waals surface area contributed by atoms with Gasteiger partial charge in [-0.05, 0) is 48.4 Å². The van der Waals surface area contributed by atoms with Crippen LogP contribution in [0, 0.1) is 0 Å². The highest BCUT2D eigenvalue weighted by atomic mass is 16.2. The molecule has 0 radical (unpaired) electrons. The second-order valence-corrected chi connectivity index (χ2v) is 7.18. The van der Waals surface area contributed by atoms with Gasteiger partial charge >= 0.3 is 0 Å². The van der Waals surface area contributed by atoms with E-state index in [0.717, 1.165) is 36.9 Å². The maximum absolute atomic E-state index is 12.5. The van der Waals surface area contributed by atoms with E-state index in [0.29, 0.717) is 5.92 Å². The molecule has 4 heteroatoms. The minimum Gasteiger partial charge on any atom is -0.335 e. The Hall–Kier alpha value is -2.10. The van der Waals surface area contributed by atoms with Gasteiger partial charge in [0.1, 0.15) is 0 Å². The van der Waals surface area contributed by atoms with E-state index in [1.807, 2.05) is 36.2 Å². The first-order valence-electron chi connectivity index (χ1n) is 8.86. The van der Waals surface area contributed by atoms with Crippen molar-refractivity contribution in [2.24, 2.45) is 0 Å². The number of carbonyl (C=O) groups is 2. The number of hydrogen-bond donors (Lipinski definition) is 1. The largest absolute Gasteiger partial charge is 0.335 e. The Bertz CT molecular complexity index is 673. The van der Waals surface area contributed by atoms with Gasteiger partial charge in [-0.25, -0.2) is 0 Å². The highest BCUT2D eigenvalue weighted by Gasteiger charge is 2.38. The molecule has 1 aliphatic carbocycles. The molecule has 1 fully saturated rings. The van der Waals surface area contributed by atoms with Crippen LogP contribution >= 0.6 is 0 Å². The van der Waals surface area contributed by atoms with E-state index < -0.39 is 0 Å². The average Bonchev–Trinajstić information content (AvgIpc) is 2.81. The van der Waals surface area contributed by atoms with E-state index in [-0.39, 0.29) is 24.3 Å². The molecule has 1 N–H and O–H groups in total. The molecule has 0 spiro atoms. The van der Waals surface area contributed by atoms with Crippen molar-refractivity contribution in [1.82, 2.24) is 4.90 Å². The summed E-state index contributed by atoms with van der Waals surface area (Å²) in [5.41, 5.74) is 3.95. The smallest absolute Gasteiger partial charge is 0.250 e. The fourth-order valence-corrected chi connectivity index (χ4v) is 3.77. The normalized spacial score (nSPS) is 20.6. The molecule has 128 valence electrons. The first-order chi connectivity index (χ1) is 11.5. The number of hydrogen-bond acceptors (Lipinski definition) is 2. The summed E-state index contributed by atoms with van der Waals surface area (Å²) in [5, 5.41) is 2.92. The van der Waals surface area contributed by atoms with E-state index >= 15 is 0 Å². The molecular formula is C20H26N2O2. The van der Waals surface area contributed by atoms with Gasteiger partial charge in [-0.1, -0.05) is 32.4 Å². The van der Waals surface area contributed by atoms with Crippen LogP contribution in [-0.2, 0) is 9.59 Å². The Kier molecular flexibility index (Phi) is 4.74. The summed E-state index contributed by atoms with van der Waals surface area (Å²) >= 11 is 0. The van der Waals surface area contributed by atoms with Gasteiger partial charge in [-0.2, -0.15) is 0 Å². The maximum atomic E-state index is 12.5. The maximum Gasteiger partial charge on any atom is 0.250 e. The lowest BCUT2D eigenvalue weighted by Gasteiger charge is -2.26. The summed E-state index contributed by atoms with van der Waals surface area (Å²) in [5.74, 6) is 0.390. The zero-order valence-corrected chi connectivity index (χ0v) is 14.8. The van der Waals surface area contributed by atoms with Crippen LogP contribution in [0.15, 0.2) is 35.4 Å². The lowest BCUT2D eigenvalue weighted by atomic mass is 9.88. The van der Waals surface area contributed by atoms with Crippen molar-refractivity contribution in [2.45, 2.75) is 57.9 Å². The number of amides is 2. The molecule has 2 aliphatic rings. The van der Waals surface area contributed by atoms with E-state index in [2.05, 4.69) is 19.2 Å². The molecule has 0 saturated heterocycles. The van der Waals surface area contributed by atoms with Crippen molar-refractivity contribution in [3.8, 4) is 0 Å². The minimum atomic E-state index is -0.109. The monoisotopic (exact) mass is 326 g/mol. The van der Waals surface area contributed by atoms with E-state index in [4.69, 9.17) is 0 Å². The van der Waals surface area contributed by atoms with Gasteiger partial charge < -0.3 is 10.2 Å². The Balaban J connectivity index is 1.69. The van der Waals surface area contributed by atoms with Crippen LogP contribution < -0.4 is 5.32 Å². The van der Waals surface area contributed by atoms with Gasteiger partial charge in [0.15, 0.2) is 0 Å². The molecule has 1 aliphatic heterocycles. The molecule has 1 aromatic carbocycles. The van der Waals surface area contributed by atoms with Crippen LogP contribution in [-0.4, -0.2) is 29.8 Å². The van der Waals surface area contributed by atoms with Gasteiger partial charge in [0.2, 0.25) is 5.91 Å². The molecular weight excluding hydrogens is 300 g/mol. The SMILES string of the molecule is CC(C)c1ccc(NC(=O)CC2=C3CCCCC3N(C)C2=O)cc1. The molecule has 0 bridgehead atoms. The van der Waals surface area contributed by atoms with Crippen LogP contribution in [0.3, 0.4) is 0 Å². The first kappa shape index (κ1) is 16.7. The summed E-state index contributed by atoms with van der Waals surface area (Å²) in [6.45, 7) is 4.29. The molecule has 3 rings (SSSR count). The molecule has 1 atom stereocenters. The summed E-state index contributed by atoms with van der Waals surface area (Å²) < 4.78 is 0. The highest BCUT2D eigenvalue weighted by Crippen LogP contribution is 2.37. The molecule has 1 unspecified atom stereocenters. The van der Waals surface area contributed by atoms with Crippen molar-refractivity contribution in [1.29, 1.82) is 0 Å². The fraction of sp³-hybridized carbons (Fsp3) is 0.500. The first-order valence-corrected chi connectivity index (χ1v) is 8.86. The van der Waals surface area contributed by atoms with E-state index in [9.17, 15) is 9.59 Å². The molecule has 2 amide bonds. The van der Waals surface area contributed by atoms with Crippen LogP contribution in [0.4, 0.5) is 5.69 Å².